The van der Waals surface area contributed by atoms with Crippen LogP contribution in [0.3, 0.4) is 0 Å². The number of hydrogen-bond acceptors (Lipinski definition) is 7. The van der Waals surface area contributed by atoms with Gasteiger partial charge in [-0.15, -0.1) is 20.4 Å². The number of nitrogens with zero attached hydrogens (tertiary/aromatic N) is 5. The van der Waals surface area contributed by atoms with Crippen molar-refractivity contribution in [1.82, 2.24) is 20.4 Å². The quantitative estimate of drug-likeness (QED) is 0.293. The van der Waals surface area contributed by atoms with Crippen LogP contribution in [0, 0.1) is 11.3 Å². The summed E-state index contributed by atoms with van der Waals surface area (Å²) in [5, 5.41) is 17.3. The van der Waals surface area contributed by atoms with E-state index in [1.165, 1.54) is 0 Å². The molecule has 6 fully saturated rings. The largest absolute Gasteiger partial charge is 0.424 e. The zero-order valence-corrected chi connectivity index (χ0v) is 23.2. The van der Waals surface area contributed by atoms with Gasteiger partial charge in [-0.05, 0) is 94.2 Å². The summed E-state index contributed by atoms with van der Waals surface area (Å²) in [6.45, 7) is 0.516. The van der Waals surface area contributed by atoms with Crippen molar-refractivity contribution in [2.75, 3.05) is 11.4 Å². The first-order valence-electron chi connectivity index (χ1n) is 15.3. The molecular formula is C31H35F2N5O3. The number of rotatable bonds is 8. The van der Waals surface area contributed by atoms with Crippen molar-refractivity contribution < 1.29 is 22.4 Å². The Hall–Kier alpha value is -3.17. The topological polar surface area (TPSA) is 98.2 Å². The van der Waals surface area contributed by atoms with E-state index in [1.807, 2.05) is 24.3 Å². The Morgan fingerprint density at radius 3 is 2.20 bits per heavy atom. The summed E-state index contributed by atoms with van der Waals surface area (Å²) in [6, 6.07) is 7.58. The minimum absolute atomic E-state index is 0.0719. The summed E-state index contributed by atoms with van der Waals surface area (Å²) >= 11 is 0. The number of alkyl halides is 2. The molecule has 1 atom stereocenters. The highest BCUT2D eigenvalue weighted by molar-refractivity contribution is 5.96. The van der Waals surface area contributed by atoms with Gasteiger partial charge >= 0.3 is 0 Å². The summed E-state index contributed by atoms with van der Waals surface area (Å²) in [5.74, 6) is -0.234. The molecule has 2 bridgehead atoms. The van der Waals surface area contributed by atoms with E-state index in [2.05, 4.69) is 20.4 Å². The van der Waals surface area contributed by atoms with E-state index in [-0.39, 0.29) is 36.0 Å². The van der Waals surface area contributed by atoms with Crippen LogP contribution in [0.15, 0.2) is 33.1 Å². The third-order valence-corrected chi connectivity index (χ3v) is 10.5. The molecule has 0 saturated heterocycles. The molecule has 6 aliphatic rings. The highest BCUT2D eigenvalue weighted by Gasteiger charge is 2.54. The molecule has 0 radical (unpaired) electrons. The highest BCUT2D eigenvalue weighted by Crippen LogP contribution is 2.58. The number of carbonyl (C=O) groups excluding carboxylic acids is 1. The van der Waals surface area contributed by atoms with Crippen molar-refractivity contribution in [1.29, 1.82) is 0 Å². The third kappa shape index (κ3) is 4.67. The Bertz CT molecular complexity index is 1450. The van der Waals surface area contributed by atoms with Gasteiger partial charge in [0.05, 0.1) is 0 Å². The Labute approximate surface area is 237 Å². The van der Waals surface area contributed by atoms with Gasteiger partial charge in [0, 0.05) is 53.8 Å². The van der Waals surface area contributed by atoms with E-state index in [9.17, 15) is 13.6 Å². The molecule has 6 aliphatic carbocycles. The minimum atomic E-state index is -2.78. The van der Waals surface area contributed by atoms with Crippen molar-refractivity contribution in [2.45, 2.75) is 107 Å². The lowest BCUT2D eigenvalue weighted by Crippen LogP contribution is -2.51. The van der Waals surface area contributed by atoms with Gasteiger partial charge in [-0.25, -0.2) is 8.78 Å². The van der Waals surface area contributed by atoms with E-state index in [4.69, 9.17) is 8.83 Å². The van der Waals surface area contributed by atoms with Crippen molar-refractivity contribution >= 4 is 11.6 Å². The number of anilines is 1. The van der Waals surface area contributed by atoms with Crippen molar-refractivity contribution in [3.05, 3.63) is 41.9 Å². The zero-order chi connectivity index (χ0) is 27.8. The number of aromatic nitrogens is 4. The fraction of sp³-hybridized carbons (Fsp3) is 0.645. The molecule has 9 rings (SSSR count). The van der Waals surface area contributed by atoms with E-state index < -0.39 is 11.8 Å². The standard InChI is InChI=1S/C31H35F2N5O3/c32-31(33)9-8-22(17-31)27(39)38(23-3-1-2-21(16-23)26-35-34-24(40-26)19-4-5-19)18-29-10-13-30(14-11-29,15-12-29)28-37-36-25(41-28)20-6-7-20/h1-3,16,19-20,22H,4-15,17-18H2. The number of hydrogen-bond donors (Lipinski definition) is 0. The van der Waals surface area contributed by atoms with Crippen LogP contribution in [0.5, 0.6) is 0 Å². The lowest BCUT2D eigenvalue weighted by atomic mass is 9.53. The maximum atomic E-state index is 14.2. The maximum Gasteiger partial charge on any atom is 0.248 e. The van der Waals surface area contributed by atoms with Gasteiger partial charge in [-0.1, -0.05) is 6.07 Å². The van der Waals surface area contributed by atoms with Crippen LogP contribution in [0.2, 0.25) is 0 Å². The van der Waals surface area contributed by atoms with Gasteiger partial charge in [0.1, 0.15) is 0 Å². The van der Waals surface area contributed by atoms with Gasteiger partial charge in [-0.3, -0.25) is 4.79 Å². The van der Waals surface area contributed by atoms with E-state index in [1.54, 1.807) is 4.90 Å². The second kappa shape index (κ2) is 9.16. The fourth-order valence-electron chi connectivity index (χ4n) is 7.43. The van der Waals surface area contributed by atoms with Crippen LogP contribution in [0.25, 0.3) is 11.5 Å². The molecule has 0 spiro atoms. The SMILES string of the molecule is O=C(C1CCC(F)(F)C1)N(CC12CCC(c3nnc(C4CC4)o3)(CC1)CC2)c1cccc(-c2nnc(C3CC3)o2)c1. The summed E-state index contributed by atoms with van der Waals surface area (Å²) < 4.78 is 40.6. The van der Waals surface area contributed by atoms with Crippen molar-refractivity contribution in [2.24, 2.45) is 11.3 Å². The molecule has 0 aliphatic heterocycles. The molecule has 0 N–H and O–H groups in total. The van der Waals surface area contributed by atoms with E-state index in [0.717, 1.165) is 81.6 Å². The van der Waals surface area contributed by atoms with Crippen molar-refractivity contribution in [3.63, 3.8) is 0 Å². The van der Waals surface area contributed by atoms with Crippen LogP contribution in [0.4, 0.5) is 14.5 Å². The molecular weight excluding hydrogens is 528 g/mol. The Morgan fingerprint density at radius 2 is 1.54 bits per heavy atom. The Balaban J connectivity index is 1.06. The summed E-state index contributed by atoms with van der Waals surface area (Å²) in [5.41, 5.74) is 1.29. The molecule has 1 unspecified atom stereocenters. The molecule has 8 nitrogen and oxygen atoms in total. The van der Waals surface area contributed by atoms with Crippen LogP contribution in [-0.4, -0.2) is 38.8 Å². The molecule has 41 heavy (non-hydrogen) atoms. The van der Waals surface area contributed by atoms with Crippen molar-refractivity contribution in [3.8, 4) is 11.5 Å². The van der Waals surface area contributed by atoms with Crippen LogP contribution in [-0.2, 0) is 10.2 Å². The van der Waals surface area contributed by atoms with E-state index >= 15 is 0 Å². The second-order valence-corrected chi connectivity index (χ2v) is 13.5. The maximum absolute atomic E-state index is 14.2. The molecule has 1 aromatic carbocycles. The second-order valence-electron chi connectivity index (χ2n) is 13.5. The molecule has 3 aromatic rings. The lowest BCUT2D eigenvalue weighted by Gasteiger charge is -2.53. The fourth-order valence-corrected chi connectivity index (χ4v) is 7.43. The normalized spacial score (nSPS) is 30.5. The molecule has 10 heteroatoms. The van der Waals surface area contributed by atoms with Gasteiger partial charge in [0.2, 0.25) is 35.4 Å². The van der Waals surface area contributed by atoms with Crippen LogP contribution in [0.1, 0.15) is 113 Å². The van der Waals surface area contributed by atoms with Crippen LogP contribution < -0.4 is 4.90 Å². The van der Waals surface area contributed by atoms with Gasteiger partial charge in [0.15, 0.2) is 0 Å². The number of halogens is 2. The van der Waals surface area contributed by atoms with Crippen LogP contribution >= 0.6 is 0 Å². The highest BCUT2D eigenvalue weighted by atomic mass is 19.3. The van der Waals surface area contributed by atoms with Gasteiger partial charge < -0.3 is 13.7 Å². The number of carbonyl (C=O) groups is 1. The first-order chi connectivity index (χ1) is 19.8. The molecule has 2 heterocycles. The lowest BCUT2D eigenvalue weighted by molar-refractivity contribution is -0.124. The number of amides is 1. The summed E-state index contributed by atoms with van der Waals surface area (Å²) in [4.78, 5) is 15.8. The summed E-state index contributed by atoms with van der Waals surface area (Å²) in [6.07, 6.45) is 9.61. The zero-order valence-electron chi connectivity index (χ0n) is 23.2. The average Bonchev–Trinajstić information content (AvgIpc) is 3.89. The third-order valence-electron chi connectivity index (χ3n) is 10.5. The number of fused-ring (bicyclic) bond motifs is 3. The molecule has 216 valence electrons. The first kappa shape index (κ1) is 25.5. The minimum Gasteiger partial charge on any atom is -0.424 e. The predicted molar refractivity (Wildman–Crippen MR) is 144 cm³/mol. The monoisotopic (exact) mass is 563 g/mol. The average molecular weight is 564 g/mol. The molecule has 6 saturated carbocycles. The molecule has 1 amide bonds. The first-order valence-corrected chi connectivity index (χ1v) is 15.3. The smallest absolute Gasteiger partial charge is 0.248 e. The van der Waals surface area contributed by atoms with E-state index in [0.29, 0.717) is 35.8 Å². The Kier molecular flexibility index (Phi) is 5.71. The molecule has 2 aromatic heterocycles. The van der Waals surface area contributed by atoms with Gasteiger partial charge in [0.25, 0.3) is 0 Å². The summed E-state index contributed by atoms with van der Waals surface area (Å²) in [7, 11) is 0. The number of benzene rings is 1. The predicted octanol–water partition coefficient (Wildman–Crippen LogP) is 6.94. The Morgan fingerprint density at radius 1 is 0.854 bits per heavy atom. The van der Waals surface area contributed by atoms with Gasteiger partial charge in [-0.2, -0.15) is 0 Å².